The Balaban J connectivity index is 2.45. The fourth-order valence-corrected chi connectivity index (χ4v) is 3.64. The van der Waals surface area contributed by atoms with E-state index < -0.39 is 0 Å². The van der Waals surface area contributed by atoms with Crippen molar-refractivity contribution in [1.82, 2.24) is 5.32 Å². The van der Waals surface area contributed by atoms with Gasteiger partial charge in [0.15, 0.2) is 11.5 Å². The van der Waals surface area contributed by atoms with Crippen molar-refractivity contribution < 1.29 is 14.2 Å². The fourth-order valence-electron chi connectivity index (χ4n) is 3.64. The Bertz CT molecular complexity index is 475. The van der Waals surface area contributed by atoms with Gasteiger partial charge in [-0.3, -0.25) is 0 Å². The van der Waals surface area contributed by atoms with Gasteiger partial charge in [-0.15, -0.1) is 0 Å². The maximum absolute atomic E-state index is 5.64. The van der Waals surface area contributed by atoms with Crippen molar-refractivity contribution in [2.24, 2.45) is 11.8 Å². The predicted octanol–water partition coefficient (Wildman–Crippen LogP) is 3.41. The molecule has 2 rings (SSSR count). The zero-order chi connectivity index (χ0) is 15.4. The largest absolute Gasteiger partial charge is 0.493 e. The van der Waals surface area contributed by atoms with E-state index in [1.54, 1.807) is 21.3 Å². The van der Waals surface area contributed by atoms with Gasteiger partial charge in [-0.25, -0.2) is 0 Å². The maximum atomic E-state index is 5.64. The van der Waals surface area contributed by atoms with Gasteiger partial charge in [0.1, 0.15) is 0 Å². The second-order valence-electron chi connectivity index (χ2n) is 5.76. The van der Waals surface area contributed by atoms with Crippen LogP contribution in [0.2, 0.25) is 0 Å². The lowest BCUT2D eigenvalue weighted by Gasteiger charge is -2.29. The Kier molecular flexibility index (Phi) is 5.34. The summed E-state index contributed by atoms with van der Waals surface area (Å²) in [5.74, 6) is 3.49. The second-order valence-corrected chi connectivity index (χ2v) is 5.76. The molecule has 0 saturated heterocycles. The molecule has 118 valence electrons. The van der Waals surface area contributed by atoms with Crippen LogP contribution in [-0.2, 0) is 0 Å². The van der Waals surface area contributed by atoms with Gasteiger partial charge in [0.05, 0.1) is 21.3 Å². The van der Waals surface area contributed by atoms with Gasteiger partial charge >= 0.3 is 0 Å². The summed E-state index contributed by atoms with van der Waals surface area (Å²) in [6, 6.07) is 4.32. The van der Waals surface area contributed by atoms with Crippen molar-refractivity contribution in [3.05, 3.63) is 17.7 Å². The van der Waals surface area contributed by atoms with Crippen LogP contribution in [0, 0.1) is 11.8 Å². The standard InChI is InChI=1S/C17H27NO3/c1-11-7-6-8-12(11)15(18-2)13-9-10-14(19-3)17(21-5)16(13)20-4/h9-12,15,18H,6-8H2,1-5H3. The first kappa shape index (κ1) is 16.0. The highest BCUT2D eigenvalue weighted by Gasteiger charge is 2.33. The molecule has 0 radical (unpaired) electrons. The van der Waals surface area contributed by atoms with Crippen LogP contribution >= 0.6 is 0 Å². The quantitative estimate of drug-likeness (QED) is 0.872. The van der Waals surface area contributed by atoms with Crippen molar-refractivity contribution in [3.8, 4) is 17.2 Å². The highest BCUT2D eigenvalue weighted by atomic mass is 16.5. The van der Waals surface area contributed by atoms with E-state index in [0.717, 1.165) is 17.2 Å². The molecule has 0 aliphatic heterocycles. The predicted molar refractivity (Wildman–Crippen MR) is 84.4 cm³/mol. The molecule has 3 unspecified atom stereocenters. The average molecular weight is 293 g/mol. The summed E-state index contributed by atoms with van der Waals surface area (Å²) < 4.78 is 16.5. The number of hydrogen-bond donors (Lipinski definition) is 1. The smallest absolute Gasteiger partial charge is 0.203 e. The fraction of sp³-hybridized carbons (Fsp3) is 0.647. The third-order valence-electron chi connectivity index (χ3n) is 4.74. The first-order chi connectivity index (χ1) is 10.2. The molecule has 1 aromatic carbocycles. The summed E-state index contributed by atoms with van der Waals surface area (Å²) in [7, 11) is 7.00. The molecular weight excluding hydrogens is 266 g/mol. The molecule has 1 aliphatic rings. The Morgan fingerprint density at radius 3 is 2.24 bits per heavy atom. The summed E-state index contributed by atoms with van der Waals surface area (Å²) >= 11 is 0. The zero-order valence-corrected chi connectivity index (χ0v) is 13.7. The van der Waals surface area contributed by atoms with Gasteiger partial charge in [0.2, 0.25) is 5.75 Å². The molecule has 3 atom stereocenters. The van der Waals surface area contributed by atoms with Crippen LogP contribution < -0.4 is 19.5 Å². The van der Waals surface area contributed by atoms with Crippen molar-refractivity contribution in [2.45, 2.75) is 32.2 Å². The minimum absolute atomic E-state index is 0.275. The first-order valence-corrected chi connectivity index (χ1v) is 7.64. The molecule has 0 heterocycles. The molecule has 0 aromatic heterocycles. The highest BCUT2D eigenvalue weighted by molar-refractivity contribution is 5.56. The summed E-state index contributed by atoms with van der Waals surface area (Å²) in [5.41, 5.74) is 1.15. The highest BCUT2D eigenvalue weighted by Crippen LogP contribution is 2.47. The number of benzene rings is 1. The van der Waals surface area contributed by atoms with Crippen LogP contribution in [0.25, 0.3) is 0 Å². The van der Waals surface area contributed by atoms with Crippen LogP contribution in [0.3, 0.4) is 0 Å². The molecule has 21 heavy (non-hydrogen) atoms. The van der Waals surface area contributed by atoms with Gasteiger partial charge in [0, 0.05) is 11.6 Å². The molecule has 4 heteroatoms. The van der Waals surface area contributed by atoms with E-state index in [1.165, 1.54) is 19.3 Å². The van der Waals surface area contributed by atoms with Crippen LogP contribution in [-0.4, -0.2) is 28.4 Å². The number of hydrogen-bond acceptors (Lipinski definition) is 4. The zero-order valence-electron chi connectivity index (χ0n) is 13.7. The maximum Gasteiger partial charge on any atom is 0.203 e. The van der Waals surface area contributed by atoms with Gasteiger partial charge < -0.3 is 19.5 Å². The second kappa shape index (κ2) is 7.03. The topological polar surface area (TPSA) is 39.7 Å². The monoisotopic (exact) mass is 293 g/mol. The summed E-state index contributed by atoms with van der Waals surface area (Å²) in [4.78, 5) is 0. The van der Waals surface area contributed by atoms with Gasteiger partial charge in [0.25, 0.3) is 0 Å². The molecule has 0 amide bonds. The van der Waals surface area contributed by atoms with Crippen LogP contribution in [0.15, 0.2) is 12.1 Å². The van der Waals surface area contributed by atoms with E-state index >= 15 is 0 Å². The Morgan fingerprint density at radius 2 is 1.76 bits per heavy atom. The summed E-state index contributed by atoms with van der Waals surface area (Å²) in [6.45, 7) is 2.34. The minimum atomic E-state index is 0.275. The lowest BCUT2D eigenvalue weighted by Crippen LogP contribution is -2.27. The Labute approximate surface area is 127 Å². The molecule has 1 N–H and O–H groups in total. The van der Waals surface area contributed by atoms with Crippen LogP contribution in [0.4, 0.5) is 0 Å². The molecule has 1 fully saturated rings. The van der Waals surface area contributed by atoms with Crippen LogP contribution in [0.1, 0.15) is 37.8 Å². The lowest BCUT2D eigenvalue weighted by molar-refractivity contribution is 0.291. The van der Waals surface area contributed by atoms with Gasteiger partial charge in [-0.05, 0) is 37.4 Å². The molecule has 4 nitrogen and oxygen atoms in total. The number of ether oxygens (including phenoxy) is 3. The van der Waals surface area contributed by atoms with E-state index in [-0.39, 0.29) is 6.04 Å². The third-order valence-corrected chi connectivity index (χ3v) is 4.74. The van der Waals surface area contributed by atoms with E-state index in [2.05, 4.69) is 18.3 Å². The van der Waals surface area contributed by atoms with Gasteiger partial charge in [-0.2, -0.15) is 0 Å². The number of nitrogens with one attached hydrogen (secondary N) is 1. The molecule has 1 saturated carbocycles. The summed E-state index contributed by atoms with van der Waals surface area (Å²) in [5, 5.41) is 3.48. The van der Waals surface area contributed by atoms with Crippen molar-refractivity contribution in [3.63, 3.8) is 0 Å². The summed E-state index contributed by atoms with van der Waals surface area (Å²) in [6.07, 6.45) is 3.86. The SMILES string of the molecule is CNC(c1ccc(OC)c(OC)c1OC)C1CCCC1C. The van der Waals surface area contributed by atoms with E-state index in [9.17, 15) is 0 Å². The number of methoxy groups -OCH3 is 3. The number of rotatable bonds is 6. The van der Waals surface area contributed by atoms with Crippen LogP contribution in [0.5, 0.6) is 17.2 Å². The normalized spacial score (nSPS) is 22.9. The third kappa shape index (κ3) is 2.95. The molecular formula is C17H27NO3. The van der Waals surface area contributed by atoms with Crippen molar-refractivity contribution in [2.75, 3.05) is 28.4 Å². The lowest BCUT2D eigenvalue weighted by atomic mass is 9.85. The van der Waals surface area contributed by atoms with E-state index in [4.69, 9.17) is 14.2 Å². The minimum Gasteiger partial charge on any atom is -0.493 e. The molecule has 0 bridgehead atoms. The van der Waals surface area contributed by atoms with Crippen molar-refractivity contribution >= 4 is 0 Å². The molecule has 0 spiro atoms. The van der Waals surface area contributed by atoms with Gasteiger partial charge in [-0.1, -0.05) is 19.8 Å². The Hall–Kier alpha value is -1.42. The Morgan fingerprint density at radius 1 is 1.05 bits per heavy atom. The van der Waals surface area contributed by atoms with E-state index in [0.29, 0.717) is 17.4 Å². The van der Waals surface area contributed by atoms with E-state index in [1.807, 2.05) is 13.1 Å². The van der Waals surface area contributed by atoms with Crippen molar-refractivity contribution in [1.29, 1.82) is 0 Å². The molecule has 1 aromatic rings. The first-order valence-electron chi connectivity index (χ1n) is 7.64. The molecule has 1 aliphatic carbocycles. The average Bonchev–Trinajstić information content (AvgIpc) is 2.93.